The summed E-state index contributed by atoms with van der Waals surface area (Å²) in [6.07, 6.45) is 0.407. The molecule has 1 aromatic rings. The van der Waals surface area contributed by atoms with Crippen molar-refractivity contribution in [3.05, 3.63) is 35.9 Å². The first-order chi connectivity index (χ1) is 6.97. The Morgan fingerprint density at radius 2 is 1.80 bits per heavy atom. The fourth-order valence-electron chi connectivity index (χ4n) is 1.08. The van der Waals surface area contributed by atoms with Crippen LogP contribution in [0.1, 0.15) is 26.3 Å². The quantitative estimate of drug-likeness (QED) is 0.530. The van der Waals surface area contributed by atoms with Crippen molar-refractivity contribution in [3.63, 3.8) is 0 Å². The van der Waals surface area contributed by atoms with E-state index in [1.807, 2.05) is 51.1 Å². The molecule has 0 bridgehead atoms. The van der Waals surface area contributed by atoms with E-state index in [1.165, 1.54) is 0 Å². The molecule has 15 heavy (non-hydrogen) atoms. The van der Waals surface area contributed by atoms with Crippen molar-refractivity contribution in [3.8, 4) is 11.8 Å². The van der Waals surface area contributed by atoms with Gasteiger partial charge in [-0.2, -0.15) is 0 Å². The molecule has 1 rings (SSSR count). The lowest BCUT2D eigenvalue weighted by atomic mass is 9.97. The third-order valence-electron chi connectivity index (χ3n) is 1.78. The summed E-state index contributed by atoms with van der Waals surface area (Å²) >= 11 is 0. The number of rotatable bonds is 2. The first-order valence-electron chi connectivity index (χ1n) is 5.07. The molecule has 0 N–H and O–H groups in total. The Hall–Kier alpha value is -1.55. The van der Waals surface area contributed by atoms with Gasteiger partial charge in [-0.15, -0.1) is 0 Å². The molecule has 0 spiro atoms. The van der Waals surface area contributed by atoms with Crippen molar-refractivity contribution >= 4 is 5.78 Å². The summed E-state index contributed by atoms with van der Waals surface area (Å²) in [5, 5.41) is 0. The number of hydrogen-bond acceptors (Lipinski definition) is 1. The van der Waals surface area contributed by atoms with Crippen LogP contribution in [0.15, 0.2) is 30.3 Å². The predicted octanol–water partition coefficient (Wildman–Crippen LogP) is 2.85. The van der Waals surface area contributed by atoms with Gasteiger partial charge in [0.2, 0.25) is 5.78 Å². The number of carbonyl (C=O) groups is 1. The zero-order valence-electron chi connectivity index (χ0n) is 9.50. The lowest BCUT2D eigenvalue weighted by Crippen LogP contribution is -2.04. The second-order valence-corrected chi connectivity index (χ2v) is 4.59. The second-order valence-electron chi connectivity index (χ2n) is 4.59. The fourth-order valence-corrected chi connectivity index (χ4v) is 1.08. The molecular weight excluding hydrogens is 184 g/mol. The van der Waals surface area contributed by atoms with Gasteiger partial charge in [0, 0.05) is 11.8 Å². The molecule has 1 heteroatoms. The normalized spacial score (nSPS) is 10.3. The van der Waals surface area contributed by atoms with Crippen LogP contribution in [0.2, 0.25) is 0 Å². The van der Waals surface area contributed by atoms with Gasteiger partial charge in [0.25, 0.3) is 0 Å². The second kappa shape index (κ2) is 4.79. The van der Waals surface area contributed by atoms with E-state index in [1.54, 1.807) is 0 Å². The smallest absolute Gasteiger partial charge is 0.209 e. The topological polar surface area (TPSA) is 17.1 Å². The van der Waals surface area contributed by atoms with Crippen molar-refractivity contribution in [2.45, 2.75) is 27.2 Å². The van der Waals surface area contributed by atoms with Crippen LogP contribution in [0.4, 0.5) is 0 Å². The van der Waals surface area contributed by atoms with Crippen molar-refractivity contribution in [1.82, 2.24) is 0 Å². The van der Waals surface area contributed by atoms with Gasteiger partial charge in [-0.25, -0.2) is 0 Å². The first-order valence-corrected chi connectivity index (χ1v) is 5.07. The van der Waals surface area contributed by atoms with Gasteiger partial charge in [-0.1, -0.05) is 36.3 Å². The molecule has 0 heterocycles. The van der Waals surface area contributed by atoms with Gasteiger partial charge in [0.05, 0.1) is 0 Å². The minimum absolute atomic E-state index is 0.0175. The molecule has 0 unspecified atom stereocenters. The molecule has 1 aromatic carbocycles. The summed E-state index contributed by atoms with van der Waals surface area (Å²) < 4.78 is 0. The summed E-state index contributed by atoms with van der Waals surface area (Å²) in [7, 11) is 0. The van der Waals surface area contributed by atoms with E-state index < -0.39 is 0 Å². The van der Waals surface area contributed by atoms with Gasteiger partial charge in [0.1, 0.15) is 0 Å². The molecule has 0 saturated carbocycles. The molecule has 0 aliphatic heterocycles. The molecule has 0 aromatic heterocycles. The van der Waals surface area contributed by atoms with Gasteiger partial charge in [-0.3, -0.25) is 4.79 Å². The molecule has 0 aliphatic carbocycles. The Morgan fingerprint density at radius 3 is 2.33 bits per heavy atom. The van der Waals surface area contributed by atoms with E-state index in [9.17, 15) is 4.79 Å². The maximum Gasteiger partial charge on any atom is 0.209 e. The Labute approximate surface area is 91.5 Å². The van der Waals surface area contributed by atoms with Crippen molar-refractivity contribution in [2.24, 2.45) is 5.41 Å². The summed E-state index contributed by atoms with van der Waals surface area (Å²) in [5.74, 6) is 5.61. The molecule has 0 radical (unpaired) electrons. The summed E-state index contributed by atoms with van der Waals surface area (Å²) in [4.78, 5) is 11.5. The lowest BCUT2D eigenvalue weighted by Gasteiger charge is -2.06. The van der Waals surface area contributed by atoms with Gasteiger partial charge in [-0.05, 0) is 32.3 Å². The third kappa shape index (κ3) is 5.02. The van der Waals surface area contributed by atoms with Crippen LogP contribution in [0, 0.1) is 17.3 Å². The molecule has 0 amide bonds. The van der Waals surface area contributed by atoms with Crippen LogP contribution in [0.5, 0.6) is 0 Å². The zero-order valence-corrected chi connectivity index (χ0v) is 9.50. The largest absolute Gasteiger partial charge is 0.285 e. The Balaban J connectivity index is 2.61. The highest BCUT2D eigenvalue weighted by Gasteiger charge is 2.05. The predicted molar refractivity (Wildman–Crippen MR) is 62.4 cm³/mol. The Bertz CT molecular complexity index is 385. The SMILES string of the molecule is CC(C)(C)C#CC(=O)Cc1ccccc1. The number of carbonyl (C=O) groups excluding carboxylic acids is 1. The summed E-state index contributed by atoms with van der Waals surface area (Å²) in [6, 6.07) is 9.68. The number of Topliss-reactive ketones (excluding diaryl/α,β-unsaturated/α-hetero) is 1. The average Bonchev–Trinajstić information content (AvgIpc) is 2.15. The molecule has 0 saturated heterocycles. The molecule has 0 atom stereocenters. The van der Waals surface area contributed by atoms with Gasteiger partial charge < -0.3 is 0 Å². The lowest BCUT2D eigenvalue weighted by molar-refractivity contribution is -0.113. The minimum Gasteiger partial charge on any atom is -0.285 e. The van der Waals surface area contributed by atoms with E-state index in [0.29, 0.717) is 6.42 Å². The molecule has 0 fully saturated rings. The summed E-state index contributed by atoms with van der Waals surface area (Å²) in [5.41, 5.74) is 0.914. The molecule has 0 aliphatic rings. The van der Waals surface area contributed by atoms with E-state index in [4.69, 9.17) is 0 Å². The summed E-state index contributed by atoms with van der Waals surface area (Å²) in [6.45, 7) is 5.99. The highest BCUT2D eigenvalue weighted by atomic mass is 16.1. The van der Waals surface area contributed by atoms with Crippen LogP contribution >= 0.6 is 0 Å². The zero-order chi connectivity index (χ0) is 11.3. The van der Waals surface area contributed by atoms with Crippen LogP contribution in [0.3, 0.4) is 0 Å². The van der Waals surface area contributed by atoms with Crippen LogP contribution in [0.25, 0.3) is 0 Å². The Kier molecular flexibility index (Phi) is 3.68. The number of hydrogen-bond donors (Lipinski definition) is 0. The first kappa shape index (κ1) is 11.5. The fraction of sp³-hybridized carbons (Fsp3) is 0.357. The van der Waals surface area contributed by atoms with Gasteiger partial charge in [0.15, 0.2) is 0 Å². The van der Waals surface area contributed by atoms with E-state index in [2.05, 4.69) is 11.8 Å². The maximum atomic E-state index is 11.5. The van der Waals surface area contributed by atoms with Crippen LogP contribution in [-0.2, 0) is 11.2 Å². The minimum atomic E-state index is -0.105. The van der Waals surface area contributed by atoms with E-state index in [0.717, 1.165) is 5.56 Å². The highest BCUT2D eigenvalue weighted by Crippen LogP contribution is 2.09. The molecule has 78 valence electrons. The van der Waals surface area contributed by atoms with Crippen LogP contribution in [-0.4, -0.2) is 5.78 Å². The third-order valence-corrected chi connectivity index (χ3v) is 1.78. The maximum absolute atomic E-state index is 11.5. The van der Waals surface area contributed by atoms with Crippen LogP contribution < -0.4 is 0 Å². The van der Waals surface area contributed by atoms with Crippen molar-refractivity contribution < 1.29 is 4.79 Å². The number of benzene rings is 1. The number of ketones is 1. The molecule has 1 nitrogen and oxygen atoms in total. The Morgan fingerprint density at radius 1 is 1.20 bits per heavy atom. The van der Waals surface area contributed by atoms with E-state index in [-0.39, 0.29) is 11.2 Å². The van der Waals surface area contributed by atoms with Gasteiger partial charge >= 0.3 is 0 Å². The molecular formula is C14H16O. The van der Waals surface area contributed by atoms with Crippen molar-refractivity contribution in [2.75, 3.05) is 0 Å². The average molecular weight is 200 g/mol. The standard InChI is InChI=1S/C14H16O/c1-14(2,3)10-9-13(15)11-12-7-5-4-6-8-12/h4-8H,11H2,1-3H3. The van der Waals surface area contributed by atoms with Crippen molar-refractivity contribution in [1.29, 1.82) is 0 Å². The monoisotopic (exact) mass is 200 g/mol. The highest BCUT2D eigenvalue weighted by molar-refractivity contribution is 5.97. The van der Waals surface area contributed by atoms with E-state index >= 15 is 0 Å².